The lowest BCUT2D eigenvalue weighted by atomic mass is 10.2. The number of nitrogens with one attached hydrogen (secondary N) is 1. The second-order valence-electron chi connectivity index (χ2n) is 4.84. The van der Waals surface area contributed by atoms with E-state index in [1.807, 2.05) is 33.0 Å². The second-order valence-corrected chi connectivity index (χ2v) is 4.84. The molecule has 1 N–H and O–H groups in total. The van der Waals surface area contributed by atoms with Gasteiger partial charge in [-0.2, -0.15) is 10.4 Å². The van der Waals surface area contributed by atoms with Crippen LogP contribution in [-0.2, 0) is 7.05 Å². The molecule has 0 aliphatic carbocycles. The highest BCUT2D eigenvalue weighted by Gasteiger charge is 2.13. The quantitative estimate of drug-likeness (QED) is 0.779. The van der Waals surface area contributed by atoms with E-state index < -0.39 is 0 Å². The summed E-state index contributed by atoms with van der Waals surface area (Å²) in [6.45, 7) is 3.79. The Morgan fingerprint density at radius 3 is 2.52 bits per heavy atom. The number of rotatable bonds is 2. The maximum atomic E-state index is 8.83. The lowest BCUT2D eigenvalue weighted by Crippen LogP contribution is -2.01. The maximum Gasteiger partial charge on any atom is 0.160 e. The summed E-state index contributed by atoms with van der Waals surface area (Å²) in [6, 6.07) is 9.34. The molecule has 3 rings (SSSR count). The number of benzene rings is 1. The molecule has 0 unspecified atom stereocenters. The third kappa shape index (κ3) is 2.30. The predicted molar refractivity (Wildman–Crippen MR) is 80.2 cm³/mol. The molecule has 21 heavy (non-hydrogen) atoms. The van der Waals surface area contributed by atoms with E-state index >= 15 is 0 Å². The van der Waals surface area contributed by atoms with Crippen molar-refractivity contribution >= 4 is 22.5 Å². The Morgan fingerprint density at radius 1 is 1.14 bits per heavy atom. The van der Waals surface area contributed by atoms with E-state index in [0.29, 0.717) is 17.2 Å². The molecule has 0 saturated heterocycles. The number of nitriles is 1. The van der Waals surface area contributed by atoms with Gasteiger partial charge >= 0.3 is 0 Å². The van der Waals surface area contributed by atoms with E-state index in [1.54, 1.807) is 16.8 Å². The Bertz CT molecular complexity index is 854. The number of aromatic nitrogens is 4. The molecule has 0 aliphatic rings. The number of hydrogen-bond acceptors (Lipinski definition) is 5. The molecule has 0 bridgehead atoms. The highest BCUT2D eigenvalue weighted by atomic mass is 15.3. The first kappa shape index (κ1) is 13.1. The summed E-state index contributed by atoms with van der Waals surface area (Å²) in [5, 5.41) is 16.5. The molecule has 2 aromatic heterocycles. The molecule has 0 spiro atoms. The van der Waals surface area contributed by atoms with E-state index in [1.165, 1.54) is 0 Å². The van der Waals surface area contributed by atoms with Crippen molar-refractivity contribution in [2.75, 3.05) is 5.32 Å². The van der Waals surface area contributed by atoms with Crippen molar-refractivity contribution in [3.8, 4) is 6.07 Å². The minimum atomic E-state index is 0.626. The van der Waals surface area contributed by atoms with Crippen LogP contribution in [0.1, 0.15) is 17.1 Å². The molecule has 104 valence electrons. The van der Waals surface area contributed by atoms with Gasteiger partial charge in [-0.3, -0.25) is 4.68 Å². The summed E-state index contributed by atoms with van der Waals surface area (Å²) >= 11 is 0. The zero-order chi connectivity index (χ0) is 15.0. The van der Waals surface area contributed by atoms with Crippen molar-refractivity contribution in [1.29, 1.82) is 5.26 Å². The molecule has 1 aromatic carbocycles. The topological polar surface area (TPSA) is 79.4 Å². The van der Waals surface area contributed by atoms with Crippen LogP contribution < -0.4 is 5.32 Å². The Hall–Kier alpha value is -2.94. The molecule has 0 fully saturated rings. The smallest absolute Gasteiger partial charge is 0.160 e. The van der Waals surface area contributed by atoms with Crippen LogP contribution in [-0.4, -0.2) is 19.7 Å². The SMILES string of the molecule is Cc1nc(Nc2ccc(C#N)cc2)c2c(n1)c(C)nn2C. The van der Waals surface area contributed by atoms with Gasteiger partial charge < -0.3 is 5.32 Å². The fraction of sp³-hybridized carbons (Fsp3) is 0.200. The van der Waals surface area contributed by atoms with Crippen LogP contribution in [0.4, 0.5) is 11.5 Å². The molecule has 2 heterocycles. The van der Waals surface area contributed by atoms with Gasteiger partial charge in [0.25, 0.3) is 0 Å². The Labute approximate surface area is 122 Å². The third-order valence-electron chi connectivity index (χ3n) is 3.24. The Kier molecular flexibility index (Phi) is 3.03. The van der Waals surface area contributed by atoms with E-state index in [-0.39, 0.29) is 0 Å². The highest BCUT2D eigenvalue weighted by Crippen LogP contribution is 2.25. The Morgan fingerprint density at radius 2 is 1.86 bits per heavy atom. The van der Waals surface area contributed by atoms with Gasteiger partial charge in [-0.1, -0.05) is 0 Å². The van der Waals surface area contributed by atoms with E-state index in [2.05, 4.69) is 26.5 Å². The van der Waals surface area contributed by atoms with Crippen molar-refractivity contribution in [3.63, 3.8) is 0 Å². The van der Waals surface area contributed by atoms with E-state index in [0.717, 1.165) is 22.4 Å². The zero-order valence-electron chi connectivity index (χ0n) is 12.0. The molecular weight excluding hydrogens is 264 g/mol. The van der Waals surface area contributed by atoms with Crippen molar-refractivity contribution in [2.45, 2.75) is 13.8 Å². The van der Waals surface area contributed by atoms with Crippen molar-refractivity contribution in [3.05, 3.63) is 41.3 Å². The van der Waals surface area contributed by atoms with Gasteiger partial charge in [-0.15, -0.1) is 0 Å². The summed E-state index contributed by atoms with van der Waals surface area (Å²) in [5.74, 6) is 1.40. The van der Waals surface area contributed by atoms with Gasteiger partial charge in [0.05, 0.1) is 17.3 Å². The molecular formula is C15H14N6. The monoisotopic (exact) mass is 278 g/mol. The minimum Gasteiger partial charge on any atom is -0.338 e. The lowest BCUT2D eigenvalue weighted by Gasteiger charge is -2.08. The van der Waals surface area contributed by atoms with Crippen molar-refractivity contribution in [1.82, 2.24) is 19.7 Å². The van der Waals surface area contributed by atoms with Gasteiger partial charge in [-0.05, 0) is 38.1 Å². The summed E-state index contributed by atoms with van der Waals surface area (Å²) in [7, 11) is 1.87. The Balaban J connectivity index is 2.09. The van der Waals surface area contributed by atoms with E-state index in [4.69, 9.17) is 5.26 Å². The first-order valence-corrected chi connectivity index (χ1v) is 6.53. The maximum absolute atomic E-state index is 8.83. The first-order valence-electron chi connectivity index (χ1n) is 6.53. The predicted octanol–water partition coefficient (Wildman–Crippen LogP) is 2.60. The van der Waals surface area contributed by atoms with Crippen LogP contribution in [0.3, 0.4) is 0 Å². The summed E-state index contributed by atoms with van der Waals surface area (Å²) < 4.78 is 1.77. The largest absolute Gasteiger partial charge is 0.338 e. The highest BCUT2D eigenvalue weighted by molar-refractivity contribution is 5.89. The number of fused-ring (bicyclic) bond motifs is 1. The fourth-order valence-electron chi connectivity index (χ4n) is 2.30. The zero-order valence-corrected chi connectivity index (χ0v) is 12.0. The van der Waals surface area contributed by atoms with Crippen molar-refractivity contribution < 1.29 is 0 Å². The number of aryl methyl sites for hydroxylation is 3. The van der Waals surface area contributed by atoms with Gasteiger partial charge in [0.1, 0.15) is 16.9 Å². The summed E-state index contributed by atoms with van der Waals surface area (Å²) in [5.41, 5.74) is 4.08. The first-order chi connectivity index (χ1) is 10.1. The lowest BCUT2D eigenvalue weighted by molar-refractivity contribution is 0.782. The molecule has 6 heteroatoms. The van der Waals surface area contributed by atoms with Gasteiger partial charge in [0, 0.05) is 12.7 Å². The molecule has 6 nitrogen and oxygen atoms in total. The number of nitrogens with zero attached hydrogens (tertiary/aromatic N) is 5. The summed E-state index contributed by atoms with van der Waals surface area (Å²) in [6.07, 6.45) is 0. The normalized spacial score (nSPS) is 10.6. The van der Waals surface area contributed by atoms with Gasteiger partial charge in [0.2, 0.25) is 0 Å². The molecule has 0 saturated carbocycles. The van der Waals surface area contributed by atoms with Gasteiger partial charge in [0.15, 0.2) is 5.82 Å². The molecule has 3 aromatic rings. The standard InChI is InChI=1S/C15H14N6/c1-9-13-14(21(3)20-9)15(18-10(2)17-13)19-12-6-4-11(8-16)5-7-12/h4-7H,1-3H3,(H,17,18,19). The molecule has 0 radical (unpaired) electrons. The number of anilines is 2. The third-order valence-corrected chi connectivity index (χ3v) is 3.24. The average molecular weight is 278 g/mol. The number of hydrogen-bond donors (Lipinski definition) is 1. The van der Waals surface area contributed by atoms with Crippen molar-refractivity contribution in [2.24, 2.45) is 7.05 Å². The van der Waals surface area contributed by atoms with Crippen LogP contribution >= 0.6 is 0 Å². The summed E-state index contributed by atoms with van der Waals surface area (Å²) in [4.78, 5) is 8.91. The fourth-order valence-corrected chi connectivity index (χ4v) is 2.30. The second kappa shape index (κ2) is 4.87. The van der Waals surface area contributed by atoms with Crippen LogP contribution in [0, 0.1) is 25.2 Å². The van der Waals surface area contributed by atoms with Crippen LogP contribution in [0.15, 0.2) is 24.3 Å². The van der Waals surface area contributed by atoms with Gasteiger partial charge in [-0.25, -0.2) is 9.97 Å². The van der Waals surface area contributed by atoms with Crippen LogP contribution in [0.25, 0.3) is 11.0 Å². The molecule has 0 aliphatic heterocycles. The minimum absolute atomic E-state index is 0.626. The molecule has 0 amide bonds. The van der Waals surface area contributed by atoms with Crippen LogP contribution in [0.5, 0.6) is 0 Å². The molecule has 0 atom stereocenters. The average Bonchev–Trinajstić information content (AvgIpc) is 2.74. The van der Waals surface area contributed by atoms with E-state index in [9.17, 15) is 0 Å². The van der Waals surface area contributed by atoms with Crippen LogP contribution in [0.2, 0.25) is 0 Å².